The quantitative estimate of drug-likeness (QED) is 0.841. The Bertz CT molecular complexity index is 674. The van der Waals surface area contributed by atoms with Crippen LogP contribution in [0.15, 0.2) is 16.5 Å². The molecular weight excluding hydrogens is 250 g/mol. The molecule has 0 aliphatic carbocycles. The first kappa shape index (κ1) is 11.4. The summed E-state index contributed by atoms with van der Waals surface area (Å²) in [6, 6.07) is -0.412. The third-order valence-electron chi connectivity index (χ3n) is 3.27. The maximum Gasteiger partial charge on any atom is 0.272 e. The van der Waals surface area contributed by atoms with Crippen molar-refractivity contribution >= 4 is 27.5 Å². The van der Waals surface area contributed by atoms with E-state index in [0.29, 0.717) is 17.7 Å². The van der Waals surface area contributed by atoms with Gasteiger partial charge in [0.25, 0.3) is 5.56 Å². The number of carbonyl (C=O) groups is 1. The average Bonchev–Trinajstić information content (AvgIpc) is 2.74. The van der Waals surface area contributed by atoms with E-state index in [0.717, 1.165) is 17.5 Å². The van der Waals surface area contributed by atoms with E-state index in [1.54, 1.807) is 0 Å². The molecule has 0 saturated carbocycles. The molecule has 0 radical (unpaired) electrons. The van der Waals surface area contributed by atoms with Crippen molar-refractivity contribution in [3.8, 4) is 0 Å². The average molecular weight is 263 g/mol. The monoisotopic (exact) mass is 263 g/mol. The minimum Gasteiger partial charge on any atom is -0.354 e. The molecule has 3 heterocycles. The van der Waals surface area contributed by atoms with Crippen molar-refractivity contribution in [3.05, 3.63) is 27.6 Å². The van der Waals surface area contributed by atoms with Gasteiger partial charge in [0.05, 0.1) is 11.8 Å². The highest BCUT2D eigenvalue weighted by Crippen LogP contribution is 2.22. The summed E-state index contributed by atoms with van der Waals surface area (Å²) < 4.78 is 2.10. The topological polar surface area (TPSA) is 64.0 Å². The lowest BCUT2D eigenvalue weighted by Gasteiger charge is -2.23. The summed E-state index contributed by atoms with van der Waals surface area (Å²) in [6.07, 6.45) is 3.09. The molecule has 2 aromatic heterocycles. The molecule has 1 N–H and O–H groups in total. The van der Waals surface area contributed by atoms with Gasteiger partial charge in [-0.2, -0.15) is 0 Å². The molecule has 2 aromatic rings. The van der Waals surface area contributed by atoms with E-state index in [9.17, 15) is 9.59 Å². The van der Waals surface area contributed by atoms with Crippen molar-refractivity contribution < 1.29 is 4.79 Å². The van der Waals surface area contributed by atoms with Crippen LogP contribution in [-0.4, -0.2) is 22.0 Å². The molecule has 1 amide bonds. The van der Waals surface area contributed by atoms with Crippen LogP contribution in [0.3, 0.4) is 0 Å². The van der Waals surface area contributed by atoms with Gasteiger partial charge in [-0.1, -0.05) is 0 Å². The molecule has 6 heteroatoms. The summed E-state index contributed by atoms with van der Waals surface area (Å²) in [5.41, 5.74) is 1.64. The molecule has 18 heavy (non-hydrogen) atoms. The largest absolute Gasteiger partial charge is 0.354 e. The number of rotatable bonds is 1. The summed E-state index contributed by atoms with van der Waals surface area (Å²) in [7, 11) is 0. The molecule has 1 atom stereocenters. The highest BCUT2D eigenvalue weighted by atomic mass is 32.1. The lowest BCUT2D eigenvalue weighted by Crippen LogP contribution is -2.41. The summed E-state index contributed by atoms with van der Waals surface area (Å²) in [4.78, 5) is 28.4. The normalized spacial score (nSPS) is 20.1. The number of nitrogens with zero attached hydrogens (tertiary/aromatic N) is 2. The van der Waals surface area contributed by atoms with E-state index in [1.807, 2.05) is 12.3 Å². The van der Waals surface area contributed by atoms with Crippen LogP contribution >= 0.6 is 11.3 Å². The van der Waals surface area contributed by atoms with Crippen molar-refractivity contribution in [1.82, 2.24) is 14.9 Å². The fourth-order valence-corrected chi connectivity index (χ4v) is 3.22. The maximum absolute atomic E-state index is 12.3. The van der Waals surface area contributed by atoms with Gasteiger partial charge < -0.3 is 5.32 Å². The van der Waals surface area contributed by atoms with Gasteiger partial charge in [-0.3, -0.25) is 14.2 Å². The van der Waals surface area contributed by atoms with Crippen molar-refractivity contribution in [3.63, 3.8) is 0 Å². The predicted molar refractivity (Wildman–Crippen MR) is 69.9 cm³/mol. The molecule has 1 aliphatic heterocycles. The summed E-state index contributed by atoms with van der Waals surface area (Å²) in [6.45, 7) is 2.63. The highest BCUT2D eigenvalue weighted by molar-refractivity contribution is 7.17. The van der Waals surface area contributed by atoms with Crippen LogP contribution in [0.2, 0.25) is 0 Å². The Morgan fingerprint density at radius 2 is 2.33 bits per heavy atom. The minimum atomic E-state index is -0.412. The standard InChI is InChI=1S/C12H13N3O2S/c1-7-5-18-10-9(7)14-6-15(12(10)17)8-3-2-4-13-11(8)16/h5-6,8H,2-4H2,1H3,(H,13,16). The Kier molecular flexibility index (Phi) is 2.66. The van der Waals surface area contributed by atoms with Gasteiger partial charge in [0.15, 0.2) is 0 Å². The van der Waals surface area contributed by atoms with E-state index in [-0.39, 0.29) is 11.5 Å². The molecule has 1 saturated heterocycles. The number of hydrogen-bond acceptors (Lipinski definition) is 4. The molecule has 0 aromatic carbocycles. The van der Waals surface area contributed by atoms with Crippen molar-refractivity contribution in [2.45, 2.75) is 25.8 Å². The smallest absolute Gasteiger partial charge is 0.272 e. The predicted octanol–water partition coefficient (Wildman–Crippen LogP) is 1.22. The molecule has 94 valence electrons. The second-order valence-electron chi connectivity index (χ2n) is 4.50. The van der Waals surface area contributed by atoms with E-state index in [4.69, 9.17) is 0 Å². The van der Waals surface area contributed by atoms with Crippen LogP contribution < -0.4 is 10.9 Å². The zero-order valence-electron chi connectivity index (χ0n) is 9.97. The number of aryl methyl sites for hydroxylation is 1. The van der Waals surface area contributed by atoms with Gasteiger partial charge in [-0.05, 0) is 30.7 Å². The van der Waals surface area contributed by atoms with Gasteiger partial charge in [0.1, 0.15) is 10.7 Å². The molecule has 1 fully saturated rings. The van der Waals surface area contributed by atoms with Gasteiger partial charge in [-0.25, -0.2) is 4.98 Å². The molecule has 0 bridgehead atoms. The first-order chi connectivity index (χ1) is 8.68. The van der Waals surface area contributed by atoms with Crippen molar-refractivity contribution in [1.29, 1.82) is 0 Å². The van der Waals surface area contributed by atoms with Crippen LogP contribution in [0.25, 0.3) is 10.2 Å². The number of hydrogen-bond donors (Lipinski definition) is 1. The SMILES string of the molecule is Cc1csc2c(=O)n(C3CCCNC3=O)cnc12. The highest BCUT2D eigenvalue weighted by Gasteiger charge is 2.25. The van der Waals surface area contributed by atoms with Gasteiger partial charge in [0.2, 0.25) is 5.91 Å². The van der Waals surface area contributed by atoms with Gasteiger partial charge >= 0.3 is 0 Å². The Morgan fingerprint density at radius 1 is 1.50 bits per heavy atom. The number of thiophene rings is 1. The summed E-state index contributed by atoms with van der Waals surface area (Å²) >= 11 is 1.39. The molecule has 1 unspecified atom stereocenters. The third kappa shape index (κ3) is 1.64. The Hall–Kier alpha value is -1.69. The van der Waals surface area contributed by atoms with Crippen molar-refractivity contribution in [2.24, 2.45) is 0 Å². The zero-order valence-corrected chi connectivity index (χ0v) is 10.8. The Labute approximate surface area is 107 Å². The van der Waals surface area contributed by atoms with Crippen LogP contribution in [0, 0.1) is 6.92 Å². The van der Waals surface area contributed by atoms with Gasteiger partial charge in [-0.15, -0.1) is 11.3 Å². The fourth-order valence-electron chi connectivity index (χ4n) is 2.28. The lowest BCUT2D eigenvalue weighted by molar-refractivity contribution is -0.125. The fraction of sp³-hybridized carbons (Fsp3) is 0.417. The van der Waals surface area contributed by atoms with Crippen molar-refractivity contribution in [2.75, 3.05) is 6.54 Å². The number of fused-ring (bicyclic) bond motifs is 1. The number of carbonyl (C=O) groups excluding carboxylic acids is 1. The number of nitrogens with one attached hydrogen (secondary N) is 1. The minimum absolute atomic E-state index is 0.0854. The first-order valence-corrected chi connectivity index (χ1v) is 6.79. The van der Waals surface area contributed by atoms with Crippen LogP contribution in [-0.2, 0) is 4.79 Å². The number of piperidine rings is 1. The Balaban J connectivity index is 2.15. The van der Waals surface area contributed by atoms with Gasteiger partial charge in [0, 0.05) is 6.54 Å². The second kappa shape index (κ2) is 4.20. The number of aromatic nitrogens is 2. The zero-order chi connectivity index (χ0) is 12.7. The second-order valence-corrected chi connectivity index (χ2v) is 5.38. The molecule has 1 aliphatic rings. The van der Waals surface area contributed by atoms with E-state index < -0.39 is 6.04 Å². The van der Waals surface area contributed by atoms with Crippen LogP contribution in [0.1, 0.15) is 24.4 Å². The van der Waals surface area contributed by atoms with E-state index >= 15 is 0 Å². The Morgan fingerprint density at radius 3 is 3.11 bits per heavy atom. The summed E-state index contributed by atoms with van der Waals surface area (Å²) in [5, 5.41) is 4.71. The molecule has 3 rings (SSSR count). The first-order valence-electron chi connectivity index (χ1n) is 5.91. The van der Waals surface area contributed by atoms with E-state index in [2.05, 4.69) is 10.3 Å². The summed E-state index contributed by atoms with van der Waals surface area (Å²) in [5.74, 6) is -0.0854. The molecule has 5 nitrogen and oxygen atoms in total. The third-order valence-corrected chi connectivity index (χ3v) is 4.35. The maximum atomic E-state index is 12.3. The lowest BCUT2D eigenvalue weighted by atomic mass is 10.1. The molecular formula is C12H13N3O2S. The number of amides is 1. The van der Waals surface area contributed by atoms with E-state index in [1.165, 1.54) is 22.2 Å². The molecule has 0 spiro atoms. The van der Waals surface area contributed by atoms with Crippen LogP contribution in [0.4, 0.5) is 0 Å². The van der Waals surface area contributed by atoms with Crippen LogP contribution in [0.5, 0.6) is 0 Å².